The van der Waals surface area contributed by atoms with Crippen LogP contribution in [0.25, 0.3) is 0 Å². The van der Waals surface area contributed by atoms with Gasteiger partial charge < -0.3 is 15.2 Å². The Kier molecular flexibility index (Phi) is 4.45. The van der Waals surface area contributed by atoms with Gasteiger partial charge in [0, 0.05) is 18.2 Å². The molecule has 3 fully saturated rings. The molecular formula is C16H29NO2. The molecule has 0 radical (unpaired) electrons. The van der Waals surface area contributed by atoms with Crippen LogP contribution < -0.4 is 5.32 Å². The summed E-state index contributed by atoms with van der Waals surface area (Å²) in [5.74, 6) is 0.800. The predicted molar refractivity (Wildman–Crippen MR) is 76.1 cm³/mol. The van der Waals surface area contributed by atoms with Crippen LogP contribution in [-0.4, -0.2) is 36.0 Å². The van der Waals surface area contributed by atoms with E-state index in [2.05, 4.69) is 5.32 Å². The standard InChI is InChI=1S/C16H29NO2/c18-12-16(17-14-6-7-14)9-8-15(10-16)19-11-13-4-2-1-3-5-13/h13-15,17-18H,1-12H2. The maximum Gasteiger partial charge on any atom is 0.0614 e. The molecule has 3 rings (SSSR count). The minimum Gasteiger partial charge on any atom is -0.394 e. The molecule has 0 aromatic rings. The van der Waals surface area contributed by atoms with Gasteiger partial charge in [-0.2, -0.15) is 0 Å². The minimum atomic E-state index is -0.0294. The van der Waals surface area contributed by atoms with Crippen LogP contribution in [0.5, 0.6) is 0 Å². The fraction of sp³-hybridized carbons (Fsp3) is 1.00. The van der Waals surface area contributed by atoms with E-state index in [9.17, 15) is 5.11 Å². The summed E-state index contributed by atoms with van der Waals surface area (Å²) in [6.45, 7) is 1.22. The van der Waals surface area contributed by atoms with Crippen LogP contribution in [0.1, 0.15) is 64.2 Å². The van der Waals surface area contributed by atoms with E-state index in [1.165, 1.54) is 44.9 Å². The topological polar surface area (TPSA) is 41.5 Å². The van der Waals surface area contributed by atoms with Crippen molar-refractivity contribution in [1.29, 1.82) is 0 Å². The van der Waals surface area contributed by atoms with Crippen molar-refractivity contribution in [3.63, 3.8) is 0 Å². The monoisotopic (exact) mass is 267 g/mol. The number of rotatable bonds is 6. The van der Waals surface area contributed by atoms with Crippen LogP contribution in [0.2, 0.25) is 0 Å². The summed E-state index contributed by atoms with van der Waals surface area (Å²) in [5, 5.41) is 13.4. The van der Waals surface area contributed by atoms with E-state index in [4.69, 9.17) is 4.74 Å². The third kappa shape index (κ3) is 3.71. The van der Waals surface area contributed by atoms with E-state index in [1.54, 1.807) is 0 Å². The maximum atomic E-state index is 9.71. The van der Waals surface area contributed by atoms with Gasteiger partial charge in [0.05, 0.1) is 12.7 Å². The highest BCUT2D eigenvalue weighted by Gasteiger charge is 2.42. The normalized spacial score (nSPS) is 36.8. The zero-order chi connectivity index (χ0) is 13.1. The number of aliphatic hydroxyl groups is 1. The molecule has 3 aliphatic carbocycles. The second-order valence-electron chi connectivity index (χ2n) is 7.06. The zero-order valence-corrected chi connectivity index (χ0v) is 12.1. The van der Waals surface area contributed by atoms with E-state index in [0.717, 1.165) is 31.8 Å². The van der Waals surface area contributed by atoms with Crippen molar-refractivity contribution in [3.8, 4) is 0 Å². The van der Waals surface area contributed by atoms with Crippen molar-refractivity contribution in [2.75, 3.05) is 13.2 Å². The highest BCUT2D eigenvalue weighted by atomic mass is 16.5. The van der Waals surface area contributed by atoms with Gasteiger partial charge in [0.15, 0.2) is 0 Å². The molecule has 3 nitrogen and oxygen atoms in total. The summed E-state index contributed by atoms with van der Waals surface area (Å²) in [5.41, 5.74) is -0.0294. The summed E-state index contributed by atoms with van der Waals surface area (Å²) in [4.78, 5) is 0. The van der Waals surface area contributed by atoms with E-state index >= 15 is 0 Å². The molecule has 19 heavy (non-hydrogen) atoms. The molecule has 0 bridgehead atoms. The molecule has 0 aromatic heterocycles. The van der Waals surface area contributed by atoms with Gasteiger partial charge in [-0.15, -0.1) is 0 Å². The highest BCUT2D eigenvalue weighted by molar-refractivity contribution is 5.01. The predicted octanol–water partition coefficient (Wildman–Crippen LogP) is 2.62. The Morgan fingerprint density at radius 2 is 1.84 bits per heavy atom. The molecule has 2 N–H and O–H groups in total. The van der Waals surface area contributed by atoms with Crippen molar-refractivity contribution < 1.29 is 9.84 Å². The maximum absolute atomic E-state index is 9.71. The molecule has 0 aliphatic heterocycles. The van der Waals surface area contributed by atoms with Gasteiger partial charge in [-0.05, 0) is 50.9 Å². The molecule has 0 aromatic carbocycles. The van der Waals surface area contributed by atoms with Crippen molar-refractivity contribution in [2.45, 2.75) is 81.9 Å². The Balaban J connectivity index is 1.42. The molecule has 0 amide bonds. The highest BCUT2D eigenvalue weighted by Crippen LogP contribution is 2.36. The Labute approximate surface area is 117 Å². The van der Waals surface area contributed by atoms with E-state index in [1.807, 2.05) is 0 Å². The second-order valence-corrected chi connectivity index (χ2v) is 7.06. The van der Waals surface area contributed by atoms with Crippen LogP contribution in [0, 0.1) is 5.92 Å². The Morgan fingerprint density at radius 3 is 2.53 bits per heavy atom. The first-order valence-electron chi connectivity index (χ1n) is 8.30. The zero-order valence-electron chi connectivity index (χ0n) is 12.1. The summed E-state index contributed by atoms with van der Waals surface area (Å²) >= 11 is 0. The van der Waals surface area contributed by atoms with Gasteiger partial charge in [-0.3, -0.25) is 0 Å². The largest absolute Gasteiger partial charge is 0.394 e. The third-order valence-electron chi connectivity index (χ3n) is 5.25. The average molecular weight is 267 g/mol. The summed E-state index contributed by atoms with van der Waals surface area (Å²) in [7, 11) is 0. The van der Waals surface area contributed by atoms with Crippen LogP contribution in [0.4, 0.5) is 0 Å². The minimum absolute atomic E-state index is 0.0294. The lowest BCUT2D eigenvalue weighted by Crippen LogP contribution is -2.48. The molecule has 0 spiro atoms. The number of aliphatic hydroxyl groups excluding tert-OH is 1. The summed E-state index contributed by atoms with van der Waals surface area (Å²) in [6, 6.07) is 0.671. The van der Waals surface area contributed by atoms with Crippen LogP contribution in [0.3, 0.4) is 0 Å². The van der Waals surface area contributed by atoms with Crippen molar-refractivity contribution in [1.82, 2.24) is 5.32 Å². The van der Waals surface area contributed by atoms with Gasteiger partial charge in [-0.25, -0.2) is 0 Å². The van der Waals surface area contributed by atoms with Crippen LogP contribution >= 0.6 is 0 Å². The van der Waals surface area contributed by atoms with Gasteiger partial charge in [0.2, 0.25) is 0 Å². The molecule has 3 heteroatoms. The van der Waals surface area contributed by atoms with E-state index in [0.29, 0.717) is 12.1 Å². The smallest absolute Gasteiger partial charge is 0.0614 e. The lowest BCUT2D eigenvalue weighted by Gasteiger charge is -2.29. The molecule has 2 atom stereocenters. The van der Waals surface area contributed by atoms with Crippen LogP contribution in [-0.2, 0) is 4.74 Å². The molecule has 0 heterocycles. The quantitative estimate of drug-likeness (QED) is 0.777. The Hall–Kier alpha value is -0.120. The van der Waals surface area contributed by atoms with E-state index < -0.39 is 0 Å². The number of hydrogen-bond donors (Lipinski definition) is 2. The van der Waals surface area contributed by atoms with Gasteiger partial charge in [-0.1, -0.05) is 19.3 Å². The number of hydrogen-bond acceptors (Lipinski definition) is 3. The van der Waals surface area contributed by atoms with E-state index in [-0.39, 0.29) is 12.1 Å². The summed E-state index contributed by atoms with van der Waals surface area (Å²) < 4.78 is 6.15. The average Bonchev–Trinajstić information content (AvgIpc) is 3.17. The second kappa shape index (κ2) is 6.11. The third-order valence-corrected chi connectivity index (χ3v) is 5.25. The fourth-order valence-electron chi connectivity index (χ4n) is 3.83. The van der Waals surface area contributed by atoms with Gasteiger partial charge in [0.1, 0.15) is 0 Å². The molecular weight excluding hydrogens is 238 g/mol. The van der Waals surface area contributed by atoms with Gasteiger partial charge in [0.25, 0.3) is 0 Å². The molecule has 0 saturated heterocycles. The molecule has 2 unspecified atom stereocenters. The fourth-order valence-corrected chi connectivity index (χ4v) is 3.83. The molecule has 3 saturated carbocycles. The molecule has 3 aliphatic rings. The SMILES string of the molecule is OCC1(NC2CC2)CCC(OCC2CCCCC2)C1. The summed E-state index contributed by atoms with van der Waals surface area (Å²) in [6.07, 6.45) is 13.1. The van der Waals surface area contributed by atoms with Crippen LogP contribution in [0.15, 0.2) is 0 Å². The molecule has 110 valence electrons. The van der Waals surface area contributed by atoms with Crippen molar-refractivity contribution in [2.24, 2.45) is 5.92 Å². The Morgan fingerprint density at radius 1 is 1.05 bits per heavy atom. The van der Waals surface area contributed by atoms with Crippen molar-refractivity contribution >= 4 is 0 Å². The van der Waals surface area contributed by atoms with Gasteiger partial charge >= 0.3 is 0 Å². The first-order valence-corrected chi connectivity index (χ1v) is 8.30. The number of ether oxygens (including phenoxy) is 1. The Bertz CT molecular complexity index is 286. The first-order chi connectivity index (χ1) is 9.30. The lowest BCUT2D eigenvalue weighted by atomic mass is 9.90. The lowest BCUT2D eigenvalue weighted by molar-refractivity contribution is 0.0171. The first kappa shape index (κ1) is 13.8. The number of nitrogens with one attached hydrogen (secondary N) is 1. The van der Waals surface area contributed by atoms with Crippen molar-refractivity contribution in [3.05, 3.63) is 0 Å².